The lowest BCUT2D eigenvalue weighted by Crippen LogP contribution is -2.20. The van der Waals surface area contributed by atoms with E-state index >= 15 is 0 Å². The number of hydrogen-bond donors (Lipinski definition) is 2. The van der Waals surface area contributed by atoms with Crippen molar-refractivity contribution in [2.45, 2.75) is 37.5 Å². The average Bonchev–Trinajstić information content (AvgIpc) is 3.27. The van der Waals surface area contributed by atoms with Crippen LogP contribution in [0.2, 0.25) is 0 Å². The van der Waals surface area contributed by atoms with Gasteiger partial charge in [-0.1, -0.05) is 18.2 Å². The first-order chi connectivity index (χ1) is 16.2. The number of anilines is 1. The van der Waals surface area contributed by atoms with Crippen LogP contribution in [0.15, 0.2) is 63.9 Å². The van der Waals surface area contributed by atoms with Crippen molar-refractivity contribution in [2.24, 2.45) is 5.10 Å². The van der Waals surface area contributed by atoms with Gasteiger partial charge in [-0.3, -0.25) is 14.9 Å². The van der Waals surface area contributed by atoms with Crippen LogP contribution in [0.3, 0.4) is 0 Å². The van der Waals surface area contributed by atoms with Gasteiger partial charge < -0.3 is 5.32 Å². The fourth-order valence-electron chi connectivity index (χ4n) is 3.71. The third-order valence-corrected chi connectivity index (χ3v) is 7.81. The molecule has 34 heavy (non-hydrogen) atoms. The van der Waals surface area contributed by atoms with Gasteiger partial charge in [-0.25, -0.2) is 0 Å². The summed E-state index contributed by atoms with van der Waals surface area (Å²) in [7, 11) is -4.10. The molecular formula is C23H22N4O5S2. The topological polar surface area (TPSA) is 131 Å². The molecule has 176 valence electrons. The molecule has 0 radical (unpaired) electrons. The van der Waals surface area contributed by atoms with Crippen LogP contribution in [-0.4, -0.2) is 25.0 Å². The predicted molar refractivity (Wildman–Crippen MR) is 131 cm³/mol. The number of thiophene rings is 1. The van der Waals surface area contributed by atoms with E-state index in [0.717, 1.165) is 37.3 Å². The average molecular weight is 499 g/mol. The number of carbonyl (C=O) groups excluding carboxylic acids is 1. The molecule has 0 spiro atoms. The second kappa shape index (κ2) is 9.74. The number of benzene rings is 2. The van der Waals surface area contributed by atoms with Gasteiger partial charge in [0.1, 0.15) is 0 Å². The lowest BCUT2D eigenvalue weighted by molar-refractivity contribution is -0.385. The van der Waals surface area contributed by atoms with Crippen LogP contribution in [0.25, 0.3) is 0 Å². The zero-order valence-electron chi connectivity index (χ0n) is 18.3. The number of nitrogens with zero attached hydrogens (tertiary/aromatic N) is 2. The van der Waals surface area contributed by atoms with E-state index in [1.54, 1.807) is 42.5 Å². The van der Waals surface area contributed by atoms with E-state index < -0.39 is 14.9 Å². The summed E-state index contributed by atoms with van der Waals surface area (Å²) in [6.45, 7) is 1.62. The van der Waals surface area contributed by atoms with Crippen LogP contribution >= 0.6 is 11.3 Å². The van der Waals surface area contributed by atoms with Crippen molar-refractivity contribution >= 4 is 44.4 Å². The van der Waals surface area contributed by atoms with Crippen molar-refractivity contribution < 1.29 is 18.1 Å². The van der Waals surface area contributed by atoms with Crippen molar-refractivity contribution in [2.75, 3.05) is 5.32 Å². The van der Waals surface area contributed by atoms with Gasteiger partial charge in [0.05, 0.1) is 21.1 Å². The van der Waals surface area contributed by atoms with Crippen molar-refractivity contribution in [3.63, 3.8) is 0 Å². The summed E-state index contributed by atoms with van der Waals surface area (Å²) in [4.78, 5) is 26.2. The lowest BCUT2D eigenvalue weighted by Gasteiger charge is -2.13. The zero-order valence-corrected chi connectivity index (χ0v) is 19.9. The Morgan fingerprint density at radius 1 is 1.12 bits per heavy atom. The highest BCUT2D eigenvalue weighted by Gasteiger charge is 2.20. The highest BCUT2D eigenvalue weighted by Crippen LogP contribution is 2.30. The third-order valence-electron chi connectivity index (χ3n) is 5.52. The summed E-state index contributed by atoms with van der Waals surface area (Å²) in [5.74, 6) is -0.169. The largest absolute Gasteiger partial charge is 0.322 e. The van der Waals surface area contributed by atoms with E-state index in [-0.39, 0.29) is 16.5 Å². The van der Waals surface area contributed by atoms with Gasteiger partial charge in [0, 0.05) is 28.1 Å². The van der Waals surface area contributed by atoms with E-state index in [9.17, 15) is 23.3 Å². The molecular weight excluding hydrogens is 476 g/mol. The van der Waals surface area contributed by atoms with Crippen LogP contribution in [0, 0.1) is 10.1 Å². The van der Waals surface area contributed by atoms with Crippen LogP contribution in [0.4, 0.5) is 11.4 Å². The fourth-order valence-corrected chi connectivity index (χ4v) is 5.74. The summed E-state index contributed by atoms with van der Waals surface area (Å²) < 4.78 is 25.0. The van der Waals surface area contributed by atoms with Gasteiger partial charge in [-0.2, -0.15) is 18.4 Å². The molecule has 1 aliphatic carbocycles. The molecule has 3 aromatic rings. The number of non-ortho nitro benzene ring substituents is 1. The van der Waals surface area contributed by atoms with Crippen LogP contribution in [0.5, 0.6) is 0 Å². The summed E-state index contributed by atoms with van der Waals surface area (Å²) in [5, 5.41) is 19.7. The van der Waals surface area contributed by atoms with E-state index in [1.807, 2.05) is 5.38 Å². The maximum atomic E-state index is 12.8. The number of rotatable bonds is 7. The Hall–Kier alpha value is -3.57. The minimum atomic E-state index is -4.10. The van der Waals surface area contributed by atoms with E-state index in [1.165, 1.54) is 23.1 Å². The van der Waals surface area contributed by atoms with Gasteiger partial charge >= 0.3 is 0 Å². The second-order valence-electron chi connectivity index (χ2n) is 7.84. The molecule has 11 heteroatoms. The minimum Gasteiger partial charge on any atom is -0.322 e. The van der Waals surface area contributed by atoms with Crippen molar-refractivity contribution in [3.05, 3.63) is 85.6 Å². The number of hydrogen-bond acceptors (Lipinski definition) is 7. The van der Waals surface area contributed by atoms with E-state index in [0.29, 0.717) is 22.5 Å². The maximum Gasteiger partial charge on any atom is 0.276 e. The molecule has 0 saturated heterocycles. The fraction of sp³-hybridized carbons (Fsp3) is 0.217. The summed E-state index contributed by atoms with van der Waals surface area (Å²) in [6, 6.07) is 11.6. The Morgan fingerprint density at radius 3 is 2.68 bits per heavy atom. The van der Waals surface area contributed by atoms with Crippen molar-refractivity contribution in [3.8, 4) is 0 Å². The third kappa shape index (κ3) is 5.15. The second-order valence-corrected chi connectivity index (χ2v) is 10.5. The predicted octanol–water partition coefficient (Wildman–Crippen LogP) is 4.49. The zero-order chi connectivity index (χ0) is 24.3. The van der Waals surface area contributed by atoms with Gasteiger partial charge in [0.2, 0.25) is 0 Å². The Kier molecular flexibility index (Phi) is 6.75. The van der Waals surface area contributed by atoms with Crippen molar-refractivity contribution in [1.29, 1.82) is 0 Å². The monoisotopic (exact) mass is 498 g/mol. The Morgan fingerprint density at radius 2 is 1.88 bits per heavy atom. The number of nitrogens with one attached hydrogen (secondary N) is 2. The smallest absolute Gasteiger partial charge is 0.276 e. The molecule has 1 aliphatic rings. The molecule has 0 atom stereocenters. The molecule has 0 unspecified atom stereocenters. The highest BCUT2D eigenvalue weighted by atomic mass is 32.2. The number of sulfonamides is 1. The first-order valence-corrected chi connectivity index (χ1v) is 12.9. The van der Waals surface area contributed by atoms with Crippen molar-refractivity contribution in [1.82, 2.24) is 4.83 Å². The summed E-state index contributed by atoms with van der Waals surface area (Å²) >= 11 is 1.63. The molecule has 0 fully saturated rings. The molecule has 1 amide bonds. The Bertz CT molecular complexity index is 1400. The Labute approximate surface area is 200 Å². The first-order valence-electron chi connectivity index (χ1n) is 10.6. The normalized spacial score (nSPS) is 13.7. The first kappa shape index (κ1) is 23.6. The number of nitro benzene ring substituents is 1. The molecule has 1 heterocycles. The van der Waals surface area contributed by atoms with Gasteiger partial charge in [-0.05, 0) is 61.9 Å². The summed E-state index contributed by atoms with van der Waals surface area (Å²) in [6.07, 6.45) is 4.17. The van der Waals surface area contributed by atoms with Gasteiger partial charge in [0.15, 0.2) is 0 Å². The number of hydrazone groups is 1. The van der Waals surface area contributed by atoms with Gasteiger partial charge in [-0.15, -0.1) is 11.3 Å². The van der Waals surface area contributed by atoms with E-state index in [2.05, 4.69) is 15.2 Å². The molecule has 2 N–H and O–H groups in total. The molecule has 4 rings (SSSR count). The number of fused-ring (bicyclic) bond motifs is 1. The molecule has 1 aromatic heterocycles. The quantitative estimate of drug-likeness (QED) is 0.281. The number of nitro groups is 1. The lowest BCUT2D eigenvalue weighted by atomic mass is 9.95. The number of carbonyl (C=O) groups is 1. The minimum absolute atomic E-state index is 0.169. The maximum absolute atomic E-state index is 12.8. The molecule has 2 aromatic carbocycles. The Balaban J connectivity index is 1.49. The molecule has 0 aliphatic heterocycles. The molecule has 9 nitrogen and oxygen atoms in total. The van der Waals surface area contributed by atoms with Crippen LogP contribution in [-0.2, 0) is 22.9 Å². The SMILES string of the molecule is C/C(=N/NS(=O)(=O)c1cccc([N+](=O)[O-])c1)c1cccc(NC(=O)c2csc3c2CCCC3)c1. The highest BCUT2D eigenvalue weighted by molar-refractivity contribution is 7.89. The standard InChI is InChI=1S/C23H22N4O5S2/c1-15(25-26-34(31,32)19-9-5-8-18(13-19)27(29)30)16-6-4-7-17(12-16)24-23(28)21-14-33-22-11-3-2-10-20(21)22/h4-9,12-14,26H,2-3,10-11H2,1H3,(H,24,28)/b25-15-. The summed E-state index contributed by atoms with van der Waals surface area (Å²) in [5.41, 5.74) is 3.04. The molecule has 0 saturated carbocycles. The number of amides is 1. The van der Waals surface area contributed by atoms with E-state index in [4.69, 9.17) is 0 Å². The van der Waals surface area contributed by atoms with Crippen LogP contribution in [0.1, 0.15) is 46.1 Å². The van der Waals surface area contributed by atoms with Gasteiger partial charge in [0.25, 0.3) is 21.6 Å². The van der Waals surface area contributed by atoms with Crippen LogP contribution < -0.4 is 10.1 Å². The number of aryl methyl sites for hydroxylation is 1. The molecule has 0 bridgehead atoms.